The Balaban J connectivity index is 1.52. The third kappa shape index (κ3) is 7.09. The Labute approximate surface area is 198 Å². The van der Waals surface area contributed by atoms with Crippen LogP contribution < -0.4 is 25.0 Å². The van der Waals surface area contributed by atoms with E-state index >= 15 is 0 Å². The molecule has 3 rings (SSSR count). The molecule has 3 aromatic rings. The van der Waals surface area contributed by atoms with Crippen LogP contribution in [0.25, 0.3) is 0 Å². The Hall–Kier alpha value is -4.33. The Bertz CT molecular complexity index is 1180. The van der Waals surface area contributed by atoms with Gasteiger partial charge in [0, 0.05) is 0 Å². The molecule has 8 heteroatoms. The second kappa shape index (κ2) is 12.1. The number of hydrazone groups is 1. The number of carbonyl (C=O) groups excluding carboxylic acids is 2. The molecule has 0 fully saturated rings. The van der Waals surface area contributed by atoms with Crippen molar-refractivity contribution in [3.05, 3.63) is 83.4 Å². The van der Waals surface area contributed by atoms with E-state index in [0.29, 0.717) is 35.1 Å². The van der Waals surface area contributed by atoms with Gasteiger partial charge < -0.3 is 19.5 Å². The topological polar surface area (TPSA) is 98.2 Å². The van der Waals surface area contributed by atoms with Crippen molar-refractivity contribution in [1.29, 1.82) is 0 Å². The average molecular weight is 462 g/mol. The lowest BCUT2D eigenvalue weighted by Crippen LogP contribution is -2.24. The highest BCUT2D eigenvalue weighted by atomic mass is 16.5. The van der Waals surface area contributed by atoms with Gasteiger partial charge >= 0.3 is 0 Å². The van der Waals surface area contributed by atoms with E-state index in [1.165, 1.54) is 18.9 Å². The van der Waals surface area contributed by atoms with Crippen LogP contribution in [0.1, 0.15) is 23.1 Å². The van der Waals surface area contributed by atoms with Gasteiger partial charge in [0.05, 0.1) is 26.1 Å². The van der Waals surface area contributed by atoms with Crippen molar-refractivity contribution in [3.63, 3.8) is 0 Å². The number of ether oxygens (including phenoxy) is 3. The van der Waals surface area contributed by atoms with E-state index in [4.69, 9.17) is 14.2 Å². The molecule has 0 saturated carbocycles. The van der Waals surface area contributed by atoms with Gasteiger partial charge in [0.25, 0.3) is 0 Å². The average Bonchev–Trinajstić information content (AvgIpc) is 2.83. The van der Waals surface area contributed by atoms with E-state index in [1.54, 1.807) is 49.6 Å². The van der Waals surface area contributed by atoms with Gasteiger partial charge in [0.2, 0.25) is 11.8 Å². The predicted octanol–water partition coefficient (Wildman–Crippen LogP) is 4.07. The zero-order chi connectivity index (χ0) is 24.3. The number of methoxy groups -OCH3 is 2. The van der Waals surface area contributed by atoms with Gasteiger partial charge in [-0.15, -0.1) is 0 Å². The van der Waals surface area contributed by atoms with Crippen LogP contribution >= 0.6 is 0 Å². The van der Waals surface area contributed by atoms with Crippen molar-refractivity contribution in [2.24, 2.45) is 5.10 Å². The van der Waals surface area contributed by atoms with Crippen molar-refractivity contribution in [1.82, 2.24) is 5.43 Å². The zero-order valence-corrected chi connectivity index (χ0v) is 19.3. The van der Waals surface area contributed by atoms with Gasteiger partial charge in [-0.05, 0) is 48.4 Å². The van der Waals surface area contributed by atoms with Crippen molar-refractivity contribution in [2.45, 2.75) is 20.0 Å². The first-order valence-corrected chi connectivity index (χ1v) is 10.6. The number of para-hydroxylation sites is 2. The van der Waals surface area contributed by atoms with Crippen LogP contribution in [0.3, 0.4) is 0 Å². The van der Waals surface area contributed by atoms with Crippen LogP contribution in [0.15, 0.2) is 71.8 Å². The molecule has 8 nitrogen and oxygen atoms in total. The summed E-state index contributed by atoms with van der Waals surface area (Å²) >= 11 is 0. The second-order valence-electron chi connectivity index (χ2n) is 7.41. The summed E-state index contributed by atoms with van der Waals surface area (Å²) in [6.45, 7) is 2.45. The molecular weight excluding hydrogens is 434 g/mol. The number of hydrogen-bond donors (Lipinski definition) is 2. The monoisotopic (exact) mass is 461 g/mol. The molecular formula is C26H27N3O5. The summed E-state index contributed by atoms with van der Waals surface area (Å²) in [4.78, 5) is 24.2. The fraction of sp³-hybridized carbons (Fsp3) is 0.192. The van der Waals surface area contributed by atoms with E-state index in [0.717, 1.165) is 5.56 Å². The fourth-order valence-corrected chi connectivity index (χ4v) is 3.15. The number of nitrogens with zero attached hydrogens (tertiary/aromatic N) is 1. The SMILES string of the molecule is COc1ccccc1NC(=O)CC(=O)NN=Cc1ccc(OCc2cccc(C)c2)c(OC)c1. The number of nitrogens with one attached hydrogen (secondary N) is 2. The summed E-state index contributed by atoms with van der Waals surface area (Å²) in [6, 6.07) is 20.3. The summed E-state index contributed by atoms with van der Waals surface area (Å²) in [7, 11) is 3.06. The Morgan fingerprint density at radius 1 is 0.882 bits per heavy atom. The molecule has 2 amide bonds. The molecule has 0 radical (unpaired) electrons. The maximum atomic E-state index is 12.1. The number of hydrogen-bond acceptors (Lipinski definition) is 6. The lowest BCUT2D eigenvalue weighted by molar-refractivity contribution is -0.126. The molecule has 0 spiro atoms. The van der Waals surface area contributed by atoms with E-state index < -0.39 is 11.8 Å². The summed E-state index contributed by atoms with van der Waals surface area (Å²) < 4.78 is 16.5. The first-order valence-electron chi connectivity index (χ1n) is 10.6. The summed E-state index contributed by atoms with van der Waals surface area (Å²) in [6.07, 6.45) is 1.08. The van der Waals surface area contributed by atoms with Crippen LogP contribution in [0.2, 0.25) is 0 Å². The summed E-state index contributed by atoms with van der Waals surface area (Å²) in [5.41, 5.74) is 5.75. The van der Waals surface area contributed by atoms with Gasteiger partial charge in [0.1, 0.15) is 18.8 Å². The predicted molar refractivity (Wildman–Crippen MR) is 130 cm³/mol. The van der Waals surface area contributed by atoms with Crippen LogP contribution in [-0.4, -0.2) is 32.2 Å². The lowest BCUT2D eigenvalue weighted by Gasteiger charge is -2.11. The van der Waals surface area contributed by atoms with Gasteiger partial charge in [0.15, 0.2) is 11.5 Å². The first-order chi connectivity index (χ1) is 16.5. The molecule has 0 saturated heterocycles. The smallest absolute Gasteiger partial charge is 0.249 e. The molecule has 176 valence electrons. The minimum Gasteiger partial charge on any atom is -0.495 e. The van der Waals surface area contributed by atoms with Crippen LogP contribution in [0.5, 0.6) is 17.2 Å². The zero-order valence-electron chi connectivity index (χ0n) is 19.3. The molecule has 0 heterocycles. The van der Waals surface area contributed by atoms with Gasteiger partial charge in [-0.3, -0.25) is 9.59 Å². The molecule has 0 bridgehead atoms. The van der Waals surface area contributed by atoms with Crippen molar-refractivity contribution in [2.75, 3.05) is 19.5 Å². The molecule has 0 unspecified atom stereocenters. The van der Waals surface area contributed by atoms with E-state index in [9.17, 15) is 9.59 Å². The number of amides is 2. The second-order valence-corrected chi connectivity index (χ2v) is 7.41. The van der Waals surface area contributed by atoms with Crippen molar-refractivity contribution < 1.29 is 23.8 Å². The molecule has 0 aliphatic rings. The largest absolute Gasteiger partial charge is 0.495 e. The van der Waals surface area contributed by atoms with Gasteiger partial charge in [-0.2, -0.15) is 5.10 Å². The Morgan fingerprint density at radius 3 is 2.44 bits per heavy atom. The van der Waals surface area contributed by atoms with Crippen LogP contribution in [0.4, 0.5) is 5.69 Å². The third-order valence-electron chi connectivity index (χ3n) is 4.77. The molecule has 34 heavy (non-hydrogen) atoms. The van der Waals surface area contributed by atoms with Gasteiger partial charge in [-0.25, -0.2) is 5.43 Å². The quantitative estimate of drug-likeness (QED) is 0.269. The molecule has 0 aliphatic heterocycles. The van der Waals surface area contributed by atoms with Crippen LogP contribution in [0, 0.1) is 6.92 Å². The Kier molecular flexibility index (Phi) is 8.62. The molecule has 0 aromatic heterocycles. The van der Waals surface area contributed by atoms with Crippen molar-refractivity contribution in [3.8, 4) is 17.2 Å². The highest BCUT2D eigenvalue weighted by Crippen LogP contribution is 2.28. The number of aryl methyl sites for hydroxylation is 1. The lowest BCUT2D eigenvalue weighted by atomic mass is 10.1. The highest BCUT2D eigenvalue weighted by molar-refractivity contribution is 6.04. The fourth-order valence-electron chi connectivity index (χ4n) is 3.15. The van der Waals surface area contributed by atoms with E-state index in [1.807, 2.05) is 25.1 Å². The maximum Gasteiger partial charge on any atom is 0.249 e. The van der Waals surface area contributed by atoms with Crippen molar-refractivity contribution >= 4 is 23.7 Å². The molecule has 2 N–H and O–H groups in total. The highest BCUT2D eigenvalue weighted by Gasteiger charge is 2.11. The number of benzene rings is 3. The van der Waals surface area contributed by atoms with Crippen LogP contribution in [-0.2, 0) is 16.2 Å². The Morgan fingerprint density at radius 2 is 1.68 bits per heavy atom. The van der Waals surface area contributed by atoms with E-state index in [-0.39, 0.29) is 6.42 Å². The molecule has 0 aliphatic carbocycles. The van der Waals surface area contributed by atoms with E-state index in [2.05, 4.69) is 21.9 Å². The maximum absolute atomic E-state index is 12.1. The molecule has 3 aromatic carbocycles. The number of carbonyl (C=O) groups is 2. The normalized spacial score (nSPS) is 10.6. The summed E-state index contributed by atoms with van der Waals surface area (Å²) in [5.74, 6) is 0.620. The molecule has 0 atom stereocenters. The number of anilines is 1. The van der Waals surface area contributed by atoms with Gasteiger partial charge in [-0.1, -0.05) is 42.0 Å². The summed E-state index contributed by atoms with van der Waals surface area (Å²) in [5, 5.41) is 6.56. The standard InChI is InChI=1S/C26H27N3O5/c1-18-7-6-8-20(13-18)17-34-23-12-11-19(14-24(23)33-3)16-27-29-26(31)15-25(30)28-21-9-4-5-10-22(21)32-2/h4-14,16H,15,17H2,1-3H3,(H,28,30)(H,29,31). The minimum atomic E-state index is -0.547. The first kappa shape index (κ1) is 24.3. The minimum absolute atomic E-state index is 0.384. The third-order valence-corrected chi connectivity index (χ3v) is 4.77. The number of rotatable bonds is 10.